The zero-order chi connectivity index (χ0) is 12.9. The van der Waals surface area contributed by atoms with Crippen molar-refractivity contribution in [2.45, 2.75) is 52.1 Å². The maximum absolute atomic E-state index is 3.56. The van der Waals surface area contributed by atoms with Crippen LogP contribution in [0.3, 0.4) is 0 Å². The van der Waals surface area contributed by atoms with E-state index in [1.807, 2.05) is 0 Å². The Morgan fingerprint density at radius 3 is 2.53 bits per heavy atom. The van der Waals surface area contributed by atoms with E-state index in [2.05, 4.69) is 49.9 Å². The fourth-order valence-electron chi connectivity index (χ4n) is 2.42. The van der Waals surface area contributed by atoms with Gasteiger partial charge in [-0.3, -0.25) is 0 Å². The summed E-state index contributed by atoms with van der Waals surface area (Å²) in [7, 11) is 2.26. The SMILES string of the molecule is CCC1CN(CCCNC(C)(C)C)CCN1C. The second kappa shape index (κ2) is 6.72. The van der Waals surface area contributed by atoms with Crippen molar-refractivity contribution in [1.82, 2.24) is 15.1 Å². The van der Waals surface area contributed by atoms with Crippen LogP contribution in [0.5, 0.6) is 0 Å². The lowest BCUT2D eigenvalue weighted by molar-refractivity contribution is 0.0921. The van der Waals surface area contributed by atoms with Crippen molar-refractivity contribution in [2.75, 3.05) is 39.8 Å². The predicted molar refractivity (Wildman–Crippen MR) is 75.5 cm³/mol. The molecule has 0 saturated carbocycles. The molecule has 3 nitrogen and oxygen atoms in total. The molecule has 17 heavy (non-hydrogen) atoms. The molecule has 1 heterocycles. The van der Waals surface area contributed by atoms with Gasteiger partial charge in [-0.2, -0.15) is 0 Å². The highest BCUT2D eigenvalue weighted by atomic mass is 15.3. The summed E-state index contributed by atoms with van der Waals surface area (Å²) in [6.45, 7) is 15.1. The second-order valence-electron chi connectivity index (χ2n) is 6.37. The van der Waals surface area contributed by atoms with Crippen molar-refractivity contribution in [3.63, 3.8) is 0 Å². The molecule has 1 saturated heterocycles. The summed E-state index contributed by atoms with van der Waals surface area (Å²) in [5, 5.41) is 3.56. The minimum absolute atomic E-state index is 0.258. The van der Waals surface area contributed by atoms with Crippen LogP contribution in [0, 0.1) is 0 Å². The van der Waals surface area contributed by atoms with E-state index in [9.17, 15) is 0 Å². The molecule has 1 aliphatic heterocycles. The van der Waals surface area contributed by atoms with Crippen LogP contribution in [0.4, 0.5) is 0 Å². The van der Waals surface area contributed by atoms with Crippen molar-refractivity contribution in [3.05, 3.63) is 0 Å². The molecule has 1 unspecified atom stereocenters. The van der Waals surface area contributed by atoms with Gasteiger partial charge in [-0.1, -0.05) is 6.92 Å². The molecule has 0 spiro atoms. The number of nitrogens with zero attached hydrogens (tertiary/aromatic N) is 2. The van der Waals surface area contributed by atoms with Crippen molar-refractivity contribution in [3.8, 4) is 0 Å². The number of hydrogen-bond acceptors (Lipinski definition) is 3. The van der Waals surface area contributed by atoms with Crippen LogP contribution in [0.25, 0.3) is 0 Å². The van der Waals surface area contributed by atoms with Crippen molar-refractivity contribution in [1.29, 1.82) is 0 Å². The van der Waals surface area contributed by atoms with E-state index in [1.54, 1.807) is 0 Å². The molecule has 0 bridgehead atoms. The van der Waals surface area contributed by atoms with Crippen molar-refractivity contribution < 1.29 is 0 Å². The topological polar surface area (TPSA) is 18.5 Å². The Morgan fingerprint density at radius 1 is 1.24 bits per heavy atom. The summed E-state index contributed by atoms with van der Waals surface area (Å²) in [6, 6.07) is 0.763. The van der Waals surface area contributed by atoms with Gasteiger partial charge in [0.05, 0.1) is 0 Å². The van der Waals surface area contributed by atoms with Gasteiger partial charge in [0.25, 0.3) is 0 Å². The van der Waals surface area contributed by atoms with E-state index >= 15 is 0 Å². The molecule has 1 fully saturated rings. The Hall–Kier alpha value is -0.120. The van der Waals surface area contributed by atoms with Crippen LogP contribution in [-0.2, 0) is 0 Å². The van der Waals surface area contributed by atoms with Crippen LogP contribution in [-0.4, -0.2) is 61.2 Å². The summed E-state index contributed by atoms with van der Waals surface area (Å²) in [5.41, 5.74) is 0.258. The molecule has 0 aromatic heterocycles. The van der Waals surface area contributed by atoms with Crippen LogP contribution in [0.1, 0.15) is 40.5 Å². The smallest absolute Gasteiger partial charge is 0.0218 e. The number of likely N-dealkylation sites (N-methyl/N-ethyl adjacent to an activating group) is 1. The van der Waals surface area contributed by atoms with Crippen LogP contribution in [0.2, 0.25) is 0 Å². The first-order valence-electron chi connectivity index (χ1n) is 7.10. The van der Waals surface area contributed by atoms with Crippen LogP contribution >= 0.6 is 0 Å². The fourth-order valence-corrected chi connectivity index (χ4v) is 2.42. The Kier molecular flexibility index (Phi) is 5.90. The second-order valence-corrected chi connectivity index (χ2v) is 6.37. The van der Waals surface area contributed by atoms with Crippen LogP contribution < -0.4 is 5.32 Å². The first-order valence-corrected chi connectivity index (χ1v) is 7.10. The Balaban J connectivity index is 2.16. The highest BCUT2D eigenvalue weighted by molar-refractivity contribution is 4.79. The van der Waals surface area contributed by atoms with Gasteiger partial charge in [-0.15, -0.1) is 0 Å². The number of hydrogen-bond donors (Lipinski definition) is 1. The third-order valence-corrected chi connectivity index (χ3v) is 3.64. The molecule has 0 radical (unpaired) electrons. The summed E-state index contributed by atoms with van der Waals surface area (Å²) in [4.78, 5) is 5.13. The Labute approximate surface area is 108 Å². The van der Waals surface area contributed by atoms with Gasteiger partial charge in [0.1, 0.15) is 0 Å². The van der Waals surface area contributed by atoms with E-state index in [-0.39, 0.29) is 5.54 Å². The van der Waals surface area contributed by atoms with E-state index in [0.717, 1.165) is 12.6 Å². The molecule has 1 N–H and O–H groups in total. The molecular formula is C14H31N3. The molecule has 102 valence electrons. The molecule has 0 amide bonds. The molecule has 1 atom stereocenters. The molecule has 1 aliphatic rings. The normalized spacial score (nSPS) is 24.2. The summed E-state index contributed by atoms with van der Waals surface area (Å²) < 4.78 is 0. The maximum Gasteiger partial charge on any atom is 0.0218 e. The quantitative estimate of drug-likeness (QED) is 0.740. The molecular weight excluding hydrogens is 210 g/mol. The predicted octanol–water partition coefficient (Wildman–Crippen LogP) is 1.79. The zero-order valence-electron chi connectivity index (χ0n) is 12.4. The maximum atomic E-state index is 3.56. The lowest BCUT2D eigenvalue weighted by atomic mass is 10.1. The van der Waals surface area contributed by atoms with Gasteiger partial charge in [0.15, 0.2) is 0 Å². The van der Waals surface area contributed by atoms with E-state index in [0.29, 0.717) is 0 Å². The summed E-state index contributed by atoms with van der Waals surface area (Å²) in [6.07, 6.45) is 2.53. The number of nitrogens with one attached hydrogen (secondary N) is 1. The van der Waals surface area contributed by atoms with Gasteiger partial charge < -0.3 is 15.1 Å². The van der Waals surface area contributed by atoms with Crippen molar-refractivity contribution in [2.24, 2.45) is 0 Å². The van der Waals surface area contributed by atoms with E-state index < -0.39 is 0 Å². The first-order chi connectivity index (χ1) is 7.92. The molecule has 1 rings (SSSR count). The van der Waals surface area contributed by atoms with Crippen molar-refractivity contribution >= 4 is 0 Å². The first kappa shape index (κ1) is 14.9. The largest absolute Gasteiger partial charge is 0.312 e. The van der Waals surface area contributed by atoms with Crippen LogP contribution in [0.15, 0.2) is 0 Å². The lowest BCUT2D eigenvalue weighted by Crippen LogP contribution is -2.51. The Morgan fingerprint density at radius 2 is 1.94 bits per heavy atom. The highest BCUT2D eigenvalue weighted by Gasteiger charge is 2.22. The molecule has 0 aromatic carbocycles. The van der Waals surface area contributed by atoms with Gasteiger partial charge >= 0.3 is 0 Å². The average Bonchev–Trinajstić information content (AvgIpc) is 2.25. The lowest BCUT2D eigenvalue weighted by Gasteiger charge is -2.39. The third kappa shape index (κ3) is 5.84. The number of piperazine rings is 1. The minimum atomic E-state index is 0.258. The van der Waals surface area contributed by atoms with E-state index in [4.69, 9.17) is 0 Å². The summed E-state index contributed by atoms with van der Waals surface area (Å²) in [5.74, 6) is 0. The monoisotopic (exact) mass is 241 g/mol. The molecule has 0 aliphatic carbocycles. The third-order valence-electron chi connectivity index (χ3n) is 3.64. The molecule has 0 aromatic rings. The van der Waals surface area contributed by atoms with E-state index in [1.165, 1.54) is 39.0 Å². The van der Waals surface area contributed by atoms with Gasteiger partial charge in [0.2, 0.25) is 0 Å². The average molecular weight is 241 g/mol. The standard InChI is InChI=1S/C14H31N3/c1-6-13-12-17(11-10-16(13)5)9-7-8-15-14(2,3)4/h13,15H,6-12H2,1-5H3. The molecule has 3 heteroatoms. The fraction of sp³-hybridized carbons (Fsp3) is 1.00. The minimum Gasteiger partial charge on any atom is -0.312 e. The van der Waals surface area contributed by atoms with Gasteiger partial charge in [-0.25, -0.2) is 0 Å². The summed E-state index contributed by atoms with van der Waals surface area (Å²) >= 11 is 0. The highest BCUT2D eigenvalue weighted by Crippen LogP contribution is 2.10. The zero-order valence-corrected chi connectivity index (χ0v) is 12.4. The van der Waals surface area contributed by atoms with Gasteiger partial charge in [0, 0.05) is 31.2 Å². The van der Waals surface area contributed by atoms with Gasteiger partial charge in [-0.05, 0) is 53.8 Å². The number of rotatable bonds is 5. The Bertz CT molecular complexity index is 210.